The smallest absolute Gasteiger partial charge is 0.907 e. The molecule has 0 rings (SSSR count). The maximum atomic E-state index is 8.42. The Hall–Kier alpha value is 3.75. The van der Waals surface area contributed by atoms with Crippen LogP contribution in [-0.2, 0) is 123 Å². The van der Waals surface area contributed by atoms with Crippen LogP contribution in [0.2, 0.25) is 0 Å². The molecule has 0 saturated carbocycles. The fraction of sp³-hybridized carbons (Fsp3) is 0. The van der Waals surface area contributed by atoms with Gasteiger partial charge in [0, 0.05) is 0 Å². The van der Waals surface area contributed by atoms with Crippen molar-refractivity contribution in [1.29, 1.82) is 0 Å². The fourth-order valence-corrected chi connectivity index (χ4v) is 0. The summed E-state index contributed by atoms with van der Waals surface area (Å²) >= 11 is 0. The molecule has 144 valence electrons. The molecular formula is B4O12Pd6. The molecule has 0 unspecified atom stereocenters. The molecular weight excluding hydrogens is 874 g/mol. The summed E-state index contributed by atoms with van der Waals surface area (Å²) in [7, 11) is -11.7. The predicted octanol–water partition coefficient (Wildman–Crippen LogP) is -15.8. The zero-order chi connectivity index (χ0) is 14.3. The number of hydrogen-bond donors (Lipinski definition) is 0. The Kier molecular flexibility index (Phi) is 163. The third-order valence-electron chi connectivity index (χ3n) is 0. The van der Waals surface area contributed by atoms with Crippen molar-refractivity contribution < 1.29 is 183 Å². The van der Waals surface area contributed by atoms with E-state index in [1.165, 1.54) is 0 Å². The zero-order valence-corrected chi connectivity index (χ0v) is 18.4. The van der Waals surface area contributed by atoms with Gasteiger partial charge in [0.05, 0.1) is 0 Å². The molecule has 0 aromatic rings. The van der Waals surface area contributed by atoms with E-state index in [4.69, 9.17) is 60.3 Å². The summed E-state index contributed by atoms with van der Waals surface area (Å²) in [6, 6.07) is 0. The van der Waals surface area contributed by atoms with Gasteiger partial charge in [-0.2, -0.15) is 0 Å². The van der Waals surface area contributed by atoms with E-state index in [2.05, 4.69) is 0 Å². The summed E-state index contributed by atoms with van der Waals surface area (Å²) in [5, 5.41) is 101. The van der Waals surface area contributed by atoms with Gasteiger partial charge >= 0.3 is 123 Å². The van der Waals surface area contributed by atoms with Gasteiger partial charge in [0.1, 0.15) is 0 Å². The van der Waals surface area contributed by atoms with Crippen molar-refractivity contribution in [3.63, 3.8) is 0 Å². The first-order valence-corrected chi connectivity index (χ1v) is 2.83. The van der Waals surface area contributed by atoms with E-state index >= 15 is 0 Å². The Morgan fingerprint density at radius 2 is 0.227 bits per heavy atom. The van der Waals surface area contributed by atoms with Crippen molar-refractivity contribution in [2.45, 2.75) is 0 Å². The largest absolute Gasteiger partial charge is 2.00 e. The van der Waals surface area contributed by atoms with Crippen molar-refractivity contribution in [1.82, 2.24) is 0 Å². The van der Waals surface area contributed by atoms with E-state index in [9.17, 15) is 0 Å². The third kappa shape index (κ3) is 873. The molecule has 22 heavy (non-hydrogen) atoms. The first-order chi connectivity index (χ1) is 6.93. The zero-order valence-electron chi connectivity index (χ0n) is 9.11. The van der Waals surface area contributed by atoms with Gasteiger partial charge in [-0.05, 0) is 0 Å². The molecule has 0 spiro atoms. The van der Waals surface area contributed by atoms with E-state index in [0.717, 1.165) is 0 Å². The van der Waals surface area contributed by atoms with Gasteiger partial charge in [0.25, 0.3) is 0 Å². The van der Waals surface area contributed by atoms with Crippen molar-refractivity contribution in [3.05, 3.63) is 0 Å². The second-order valence-electron chi connectivity index (χ2n) is 1.15. The van der Waals surface area contributed by atoms with Crippen LogP contribution in [0.3, 0.4) is 0 Å². The van der Waals surface area contributed by atoms with Crippen LogP contribution in [0.15, 0.2) is 0 Å². The fourth-order valence-electron chi connectivity index (χ4n) is 0. The SMILES string of the molecule is [O-]B([O-])[O-].[O-]B([O-])[O-].[O-]B([O-])[O-].[O-]B([O-])[O-].[Pd+2].[Pd+2].[Pd+2].[Pd+2].[Pd+2].[Pd+2]. The maximum absolute atomic E-state index is 8.42. The van der Waals surface area contributed by atoms with Crippen LogP contribution in [0, 0.1) is 0 Å². The molecule has 0 aliphatic rings. The van der Waals surface area contributed by atoms with Crippen molar-refractivity contribution in [2.75, 3.05) is 0 Å². The van der Waals surface area contributed by atoms with Gasteiger partial charge in [-0.15, -0.1) is 0 Å². The molecule has 0 N–H and O–H groups in total. The summed E-state index contributed by atoms with van der Waals surface area (Å²) in [4.78, 5) is 0. The number of rotatable bonds is 0. The Labute approximate surface area is 209 Å². The van der Waals surface area contributed by atoms with Gasteiger partial charge in [-0.1, -0.05) is 0 Å². The summed E-state index contributed by atoms with van der Waals surface area (Å²) in [5.41, 5.74) is 0. The molecule has 0 aromatic heterocycles. The van der Waals surface area contributed by atoms with Crippen LogP contribution in [-0.4, -0.2) is 29.3 Å². The molecule has 0 atom stereocenters. The first-order valence-electron chi connectivity index (χ1n) is 2.83. The Bertz CT molecular complexity index is 74.6. The predicted molar refractivity (Wildman–Crippen MR) is 23.0 cm³/mol. The van der Waals surface area contributed by atoms with Crippen LogP contribution >= 0.6 is 0 Å². The van der Waals surface area contributed by atoms with E-state index in [1.54, 1.807) is 0 Å². The molecule has 0 aliphatic carbocycles. The molecule has 0 radical (unpaired) electrons. The average molecular weight is 874 g/mol. The molecule has 0 bridgehead atoms. The van der Waals surface area contributed by atoms with Gasteiger partial charge in [-0.3, -0.25) is 29.3 Å². The van der Waals surface area contributed by atoms with Crippen LogP contribution in [0.25, 0.3) is 0 Å². The minimum atomic E-state index is -2.92. The Morgan fingerprint density at radius 1 is 0.227 bits per heavy atom. The molecule has 0 amide bonds. The van der Waals surface area contributed by atoms with Crippen LogP contribution in [0.5, 0.6) is 0 Å². The number of hydrogen-bond acceptors (Lipinski definition) is 12. The van der Waals surface area contributed by atoms with Gasteiger partial charge in [0.15, 0.2) is 0 Å². The van der Waals surface area contributed by atoms with Gasteiger partial charge in [-0.25, -0.2) is 0 Å². The third-order valence-corrected chi connectivity index (χ3v) is 0. The van der Waals surface area contributed by atoms with Gasteiger partial charge in [0.2, 0.25) is 0 Å². The van der Waals surface area contributed by atoms with Crippen LogP contribution < -0.4 is 60.3 Å². The molecule has 0 aliphatic heterocycles. The minimum absolute atomic E-state index is 0. The van der Waals surface area contributed by atoms with Crippen LogP contribution in [0.4, 0.5) is 0 Å². The molecule has 12 nitrogen and oxygen atoms in total. The Morgan fingerprint density at radius 3 is 0.227 bits per heavy atom. The minimum Gasteiger partial charge on any atom is -0.907 e. The summed E-state index contributed by atoms with van der Waals surface area (Å²) in [6.45, 7) is 0. The molecule has 0 saturated heterocycles. The topological polar surface area (TPSA) is 277 Å². The summed E-state index contributed by atoms with van der Waals surface area (Å²) in [6.07, 6.45) is 0. The Balaban J connectivity index is -0.00000001000. The summed E-state index contributed by atoms with van der Waals surface area (Å²) < 4.78 is 0. The second-order valence-corrected chi connectivity index (χ2v) is 1.15. The monoisotopic (exact) mass is 871 g/mol. The van der Waals surface area contributed by atoms with E-state index in [1.807, 2.05) is 0 Å². The van der Waals surface area contributed by atoms with Crippen molar-refractivity contribution >= 4 is 29.3 Å². The maximum Gasteiger partial charge on any atom is 2.00 e. The van der Waals surface area contributed by atoms with E-state index in [0.29, 0.717) is 0 Å². The summed E-state index contributed by atoms with van der Waals surface area (Å²) in [5.74, 6) is 0. The average Bonchev–Trinajstić information content (AvgIpc) is 1.76. The first kappa shape index (κ1) is 63.6. The molecule has 0 fully saturated rings. The molecule has 0 aromatic carbocycles. The van der Waals surface area contributed by atoms with E-state index in [-0.39, 0.29) is 123 Å². The van der Waals surface area contributed by atoms with Crippen molar-refractivity contribution in [3.8, 4) is 0 Å². The standard InChI is InChI=1S/4BO3.6Pd/c4*2-1(3)4;;;;;;/q4*-3;6*+2. The molecule has 22 heteroatoms. The van der Waals surface area contributed by atoms with Gasteiger partial charge < -0.3 is 60.3 Å². The van der Waals surface area contributed by atoms with Crippen molar-refractivity contribution in [2.24, 2.45) is 0 Å². The second kappa shape index (κ2) is 56.3. The van der Waals surface area contributed by atoms with E-state index < -0.39 is 29.3 Å². The molecule has 0 heterocycles. The normalized spacial score (nSPS) is 4.91. The van der Waals surface area contributed by atoms with Crippen LogP contribution in [0.1, 0.15) is 0 Å². The quantitative estimate of drug-likeness (QED) is 0.205.